The molecule has 6 aromatic carbocycles. The van der Waals surface area contributed by atoms with Gasteiger partial charge in [0.1, 0.15) is 11.6 Å². The van der Waals surface area contributed by atoms with Crippen molar-refractivity contribution in [1.82, 2.24) is 19.9 Å². The van der Waals surface area contributed by atoms with Crippen LogP contribution < -0.4 is 19.6 Å². The molecule has 0 radical (unpaired) electrons. The minimum atomic E-state index is 0. The summed E-state index contributed by atoms with van der Waals surface area (Å²) in [7, 11) is 4.06. The van der Waals surface area contributed by atoms with Crippen LogP contribution in [-0.4, -0.2) is 44.2 Å². The molecule has 10 aromatic rings. The second kappa shape index (κ2) is 25.3. The number of hydrogen-bond donors (Lipinski definition) is 2. The van der Waals surface area contributed by atoms with E-state index >= 15 is 0 Å². The largest absolute Gasteiger partial charge is 2.00 e. The first-order chi connectivity index (χ1) is 34.4. The Kier molecular flexibility index (Phi) is 18.2. The number of pyridine rings is 4. The number of nitrogens with zero attached hydrogens (tertiary/aromatic N) is 8. The molecule has 0 atom stereocenters. The van der Waals surface area contributed by atoms with Crippen molar-refractivity contribution in [3.63, 3.8) is 0 Å². The Morgan fingerprint density at radius 2 is 0.750 bits per heavy atom. The smallest absolute Gasteiger partial charge is 0.502 e. The fourth-order valence-electron chi connectivity index (χ4n) is 7.82. The molecule has 12 rings (SSSR count). The molecule has 0 amide bonds. The van der Waals surface area contributed by atoms with E-state index in [9.17, 15) is 0 Å². The zero-order valence-corrected chi connectivity index (χ0v) is 43.7. The molecule has 0 spiro atoms. The van der Waals surface area contributed by atoms with Crippen LogP contribution in [0.4, 0.5) is 34.4 Å². The summed E-state index contributed by atoms with van der Waals surface area (Å²) in [6, 6.07) is 77.7. The van der Waals surface area contributed by atoms with Crippen LogP contribution in [0.3, 0.4) is 0 Å². The monoisotopic (exact) mass is 1300 g/mol. The second-order valence-corrected chi connectivity index (χ2v) is 16.0. The van der Waals surface area contributed by atoms with Gasteiger partial charge in [-0.3, -0.25) is 0 Å². The van der Waals surface area contributed by atoms with Crippen LogP contribution in [-0.2, 0) is 42.1 Å². The molecule has 0 aliphatic carbocycles. The topological polar surface area (TPSA) is 105 Å². The van der Waals surface area contributed by atoms with Gasteiger partial charge in [0.25, 0.3) is 0 Å². The third-order valence-electron chi connectivity index (χ3n) is 11.2. The molecule has 0 unspecified atom stereocenters. The summed E-state index contributed by atoms with van der Waals surface area (Å²) in [4.78, 5) is 25.3. The first-order valence-electron chi connectivity index (χ1n) is 22.6. The summed E-state index contributed by atoms with van der Waals surface area (Å²) in [5.74, 6) is 1.99. The fraction of sp³-hybridized carbons (Fsp3) is 0.0333. The number of aromatic nitrogens is 4. The second-order valence-electron chi connectivity index (χ2n) is 16.0. The molecule has 10 nitrogen and oxygen atoms in total. The summed E-state index contributed by atoms with van der Waals surface area (Å²) in [5.41, 5.74) is 12.5. The summed E-state index contributed by atoms with van der Waals surface area (Å²) < 4.78 is 0. The van der Waals surface area contributed by atoms with E-state index in [4.69, 9.17) is 10.2 Å². The van der Waals surface area contributed by atoms with Gasteiger partial charge in [-0.05, 0) is 61.6 Å². The van der Waals surface area contributed by atoms with E-state index in [0.29, 0.717) is 0 Å². The molecule has 2 N–H and O–H groups in total. The van der Waals surface area contributed by atoms with E-state index in [-0.39, 0.29) is 53.9 Å². The van der Waals surface area contributed by atoms with Crippen molar-refractivity contribution >= 4 is 34.4 Å². The minimum Gasteiger partial charge on any atom is -0.502 e. The number of fused-ring (bicyclic) bond motifs is 2. The third kappa shape index (κ3) is 12.9. The number of rotatable bonds is 6. The van der Waals surface area contributed by atoms with Gasteiger partial charge in [-0.2, -0.15) is 49.7 Å². The van der Waals surface area contributed by atoms with E-state index in [0.717, 1.165) is 56.9 Å². The van der Waals surface area contributed by atoms with Crippen molar-refractivity contribution in [3.05, 3.63) is 256 Å². The van der Waals surface area contributed by atoms with Crippen LogP contribution in [0.2, 0.25) is 0 Å². The van der Waals surface area contributed by atoms with E-state index in [1.807, 2.05) is 149 Å². The average molecular weight is 1300 g/mol. The minimum absolute atomic E-state index is 0. The molecule has 2 aliphatic heterocycles. The first kappa shape index (κ1) is 51.9. The molecule has 0 saturated carbocycles. The fourth-order valence-corrected chi connectivity index (χ4v) is 7.82. The Labute approximate surface area is 450 Å². The Morgan fingerprint density at radius 3 is 1.11 bits per heavy atom. The molecule has 0 fully saturated rings. The van der Waals surface area contributed by atoms with E-state index in [1.165, 1.54) is 22.3 Å². The number of anilines is 6. The van der Waals surface area contributed by atoms with Gasteiger partial charge >= 0.3 is 42.1 Å². The van der Waals surface area contributed by atoms with Gasteiger partial charge in [0.05, 0.1) is 11.4 Å². The molecule has 0 saturated heterocycles. The van der Waals surface area contributed by atoms with Crippen LogP contribution in [0.15, 0.2) is 231 Å². The van der Waals surface area contributed by atoms with Crippen molar-refractivity contribution in [1.29, 1.82) is 0 Å². The van der Waals surface area contributed by atoms with Gasteiger partial charge in [-0.15, -0.1) is 34.6 Å². The van der Waals surface area contributed by atoms with Crippen LogP contribution in [0.25, 0.3) is 44.8 Å². The predicted octanol–water partition coefficient (Wildman–Crippen LogP) is 13.4. The molecule has 72 heavy (non-hydrogen) atoms. The Balaban J connectivity index is 0.000000144. The Bertz CT molecular complexity index is 3050. The van der Waals surface area contributed by atoms with Gasteiger partial charge in [-0.1, -0.05) is 133 Å². The molecule has 4 aromatic heterocycles. The Morgan fingerprint density at radius 1 is 0.389 bits per heavy atom. The zero-order chi connectivity index (χ0) is 48.1. The van der Waals surface area contributed by atoms with Crippen molar-refractivity contribution in [2.24, 2.45) is 0 Å². The van der Waals surface area contributed by atoms with Gasteiger partial charge in [-0.25, -0.2) is 19.9 Å². The third-order valence-corrected chi connectivity index (χ3v) is 11.2. The maximum absolute atomic E-state index is 9.16. The van der Waals surface area contributed by atoms with Crippen molar-refractivity contribution in [2.45, 2.75) is 0 Å². The first-order valence-corrected chi connectivity index (χ1v) is 22.6. The molecular weight excluding hydrogens is 1250 g/mol. The molecule has 12 heteroatoms. The van der Waals surface area contributed by atoms with Crippen LogP contribution in [0, 0.1) is 25.5 Å². The summed E-state index contributed by atoms with van der Waals surface area (Å²) in [6.07, 6.45) is 3.64. The van der Waals surface area contributed by atoms with E-state index in [2.05, 4.69) is 137 Å². The van der Waals surface area contributed by atoms with Crippen LogP contribution in [0.1, 0.15) is 0 Å². The number of hydrogen-bond acceptors (Lipinski definition) is 10. The molecular formula is C60H48N8O2Pt2. The standard InChI is InChI=1S/2C19H15N3.2C11H9NO.2Pt/c2*1-21-14-22(19-18(21)11-6-12-20-19)17-10-5-9-16(13-17)15-7-3-2-4-8-15;2*13-11-8-4-7-10(12-11)9-5-2-1-3-6-9;;/h2*2-9,11-14H,1H3;2*1-8H,(H,12,13);;/q2*-2;;;2*+2. The maximum Gasteiger partial charge on any atom is 2.00 e. The normalized spacial score (nSPS) is 11.7. The van der Waals surface area contributed by atoms with E-state index in [1.54, 1.807) is 24.3 Å². The molecule has 360 valence electrons. The van der Waals surface area contributed by atoms with Gasteiger partial charge < -0.3 is 29.8 Å². The number of benzene rings is 6. The zero-order valence-electron chi connectivity index (χ0n) is 39.2. The van der Waals surface area contributed by atoms with Crippen molar-refractivity contribution in [3.8, 4) is 56.5 Å². The SMILES string of the molecule is CN1[CH-]N(c2[c-]ccc(-c3ccccc3)c2)c2ncccc21.CN1[CH-]N(c2[c-]ccc(-c3ccccc3)c2)c2ncccc21.Oc1cccc(-c2ccccc2)n1.Oc1cccc(-c2ccccc2)n1.[Pt+2].[Pt+2]. The van der Waals surface area contributed by atoms with Gasteiger partial charge in [0.2, 0.25) is 11.8 Å². The summed E-state index contributed by atoms with van der Waals surface area (Å²) in [6.45, 7) is 4.08. The molecule has 6 heterocycles. The molecule has 2 aliphatic rings. The quantitative estimate of drug-likeness (QED) is 0.156. The number of aromatic hydroxyl groups is 2. The maximum atomic E-state index is 9.16. The van der Waals surface area contributed by atoms with Crippen LogP contribution >= 0.6 is 0 Å². The van der Waals surface area contributed by atoms with Gasteiger partial charge in [0, 0.05) is 47.0 Å². The van der Waals surface area contributed by atoms with E-state index < -0.39 is 0 Å². The predicted molar refractivity (Wildman–Crippen MR) is 282 cm³/mol. The molecule has 0 bridgehead atoms. The average Bonchev–Trinajstić information content (AvgIpc) is 3.96. The van der Waals surface area contributed by atoms with Crippen molar-refractivity contribution in [2.75, 3.05) is 33.7 Å². The van der Waals surface area contributed by atoms with Crippen LogP contribution in [0.5, 0.6) is 11.8 Å². The van der Waals surface area contributed by atoms with Gasteiger partial charge in [0.15, 0.2) is 0 Å². The summed E-state index contributed by atoms with van der Waals surface area (Å²) in [5, 5.41) is 18.3. The summed E-state index contributed by atoms with van der Waals surface area (Å²) >= 11 is 0. The van der Waals surface area contributed by atoms with Crippen molar-refractivity contribution < 1.29 is 52.3 Å². The Hall–Kier alpha value is -7.90.